The van der Waals surface area contributed by atoms with Gasteiger partial charge in [0.15, 0.2) is 6.04 Å². The Hall–Kier alpha value is -2.20. The third-order valence-corrected chi connectivity index (χ3v) is 7.33. The summed E-state index contributed by atoms with van der Waals surface area (Å²) < 4.78 is 5.76. The molecule has 38 heavy (non-hydrogen) atoms. The van der Waals surface area contributed by atoms with E-state index in [1.807, 2.05) is 6.92 Å². The van der Waals surface area contributed by atoms with Crippen molar-refractivity contribution >= 4 is 23.7 Å². The van der Waals surface area contributed by atoms with Gasteiger partial charge in [-0.15, -0.1) is 0 Å². The van der Waals surface area contributed by atoms with Crippen molar-refractivity contribution in [3.8, 4) is 0 Å². The van der Waals surface area contributed by atoms with E-state index < -0.39 is 66.5 Å². The number of rotatable bonds is 13. The number of esters is 1. The zero-order chi connectivity index (χ0) is 28.8. The maximum absolute atomic E-state index is 13.3. The first-order valence-corrected chi connectivity index (χ1v) is 14.3. The van der Waals surface area contributed by atoms with Gasteiger partial charge in [-0.05, 0) is 25.2 Å². The van der Waals surface area contributed by atoms with E-state index >= 15 is 0 Å². The number of carbonyl (C=O) groups is 4. The predicted molar refractivity (Wildman–Crippen MR) is 145 cm³/mol. The summed E-state index contributed by atoms with van der Waals surface area (Å²) in [6.07, 6.45) is 7.88. The zero-order valence-electron chi connectivity index (χ0n) is 24.1. The summed E-state index contributed by atoms with van der Waals surface area (Å²) in [5.41, 5.74) is 0. The smallest absolute Gasteiger partial charge is 0.331 e. The third kappa shape index (κ3) is 10.9. The number of hydrogen-bond acceptors (Lipinski definition) is 7. The molecule has 5 N–H and O–H groups in total. The molecule has 1 fully saturated rings. The molecule has 0 aromatic rings. The largest absolute Gasteiger partial charge is 0.460 e. The quantitative estimate of drug-likeness (QED) is 0.177. The number of cyclic esters (lactones) is 1. The second-order valence-corrected chi connectivity index (χ2v) is 11.1. The summed E-state index contributed by atoms with van der Waals surface area (Å²) in [5, 5.41) is 27.5. The number of aliphatic hydroxyl groups is 2. The van der Waals surface area contributed by atoms with Crippen LogP contribution in [0.25, 0.3) is 0 Å². The van der Waals surface area contributed by atoms with Gasteiger partial charge < -0.3 is 30.9 Å². The topological polar surface area (TPSA) is 154 Å². The lowest BCUT2D eigenvalue weighted by atomic mass is 9.88. The number of unbranched alkanes of at least 4 members (excludes halogenated alkanes) is 7. The van der Waals surface area contributed by atoms with E-state index in [0.29, 0.717) is 0 Å². The molecular formula is C28H51N3O7. The van der Waals surface area contributed by atoms with Crippen molar-refractivity contribution in [3.63, 3.8) is 0 Å². The average molecular weight is 542 g/mol. The summed E-state index contributed by atoms with van der Waals surface area (Å²) in [7, 11) is 0. The minimum absolute atomic E-state index is 0.170. The number of carbonyl (C=O) groups excluding carboxylic acids is 4. The Morgan fingerprint density at radius 3 is 1.84 bits per heavy atom. The van der Waals surface area contributed by atoms with E-state index in [-0.39, 0.29) is 11.8 Å². The minimum atomic E-state index is -1.41. The Bertz CT molecular complexity index is 759. The van der Waals surface area contributed by atoms with Gasteiger partial charge in [0.1, 0.15) is 18.2 Å². The molecule has 7 atom stereocenters. The van der Waals surface area contributed by atoms with E-state index in [2.05, 4.69) is 22.9 Å². The number of nitrogens with one attached hydrogen (secondary N) is 3. The Kier molecular flexibility index (Phi) is 15.5. The molecule has 0 saturated carbocycles. The van der Waals surface area contributed by atoms with Crippen molar-refractivity contribution in [2.24, 2.45) is 17.8 Å². The number of aliphatic hydroxyl groups excluding tert-OH is 2. The average Bonchev–Trinajstić information content (AvgIpc) is 2.87. The molecule has 0 aliphatic carbocycles. The summed E-state index contributed by atoms with van der Waals surface area (Å²) in [5.74, 6) is -4.05. The molecule has 0 spiro atoms. The standard InChI is InChI=1S/C28H51N3O7/c1-7-8-9-10-11-12-13-14-15-18(4)24-19(5)25(34)30-22(17(2)3)26(35)31-23(20(6)33)27(36)29-21(16-32)28(37)38-24/h17-24,32-33H,7-16H2,1-6H3,(H,29,36)(H,30,34)(H,31,35)/t18-,19+,20-,21-,22+,23-,24-/m0/s1. The maximum Gasteiger partial charge on any atom is 0.331 e. The molecule has 10 nitrogen and oxygen atoms in total. The van der Waals surface area contributed by atoms with Crippen molar-refractivity contribution in [3.05, 3.63) is 0 Å². The molecule has 220 valence electrons. The summed E-state index contributed by atoms with van der Waals surface area (Å²) in [6, 6.07) is -3.76. The van der Waals surface area contributed by atoms with E-state index in [1.54, 1.807) is 20.8 Å². The Labute approximate surface area is 228 Å². The van der Waals surface area contributed by atoms with Crippen LogP contribution in [0.1, 0.15) is 99.3 Å². The second-order valence-electron chi connectivity index (χ2n) is 11.1. The van der Waals surface area contributed by atoms with Crippen LogP contribution >= 0.6 is 0 Å². The van der Waals surface area contributed by atoms with Crippen LogP contribution in [0.3, 0.4) is 0 Å². The highest BCUT2D eigenvalue weighted by molar-refractivity contribution is 5.94. The Balaban J connectivity index is 3.10. The zero-order valence-corrected chi connectivity index (χ0v) is 24.1. The first-order valence-electron chi connectivity index (χ1n) is 14.3. The molecule has 1 rings (SSSR count). The van der Waals surface area contributed by atoms with Crippen LogP contribution in [0, 0.1) is 17.8 Å². The second kappa shape index (κ2) is 17.4. The molecule has 10 heteroatoms. The van der Waals surface area contributed by atoms with Gasteiger partial charge in [-0.25, -0.2) is 4.79 Å². The fourth-order valence-electron chi connectivity index (χ4n) is 4.75. The van der Waals surface area contributed by atoms with Crippen LogP contribution in [0.15, 0.2) is 0 Å². The highest BCUT2D eigenvalue weighted by Gasteiger charge is 2.39. The molecule has 1 saturated heterocycles. The van der Waals surface area contributed by atoms with Gasteiger partial charge in [0.05, 0.1) is 18.6 Å². The van der Waals surface area contributed by atoms with Crippen molar-refractivity contribution < 1.29 is 34.1 Å². The maximum atomic E-state index is 13.3. The molecule has 0 aromatic heterocycles. The first-order chi connectivity index (χ1) is 17.9. The molecule has 0 aromatic carbocycles. The van der Waals surface area contributed by atoms with E-state index in [9.17, 15) is 29.4 Å². The normalized spacial score (nSPS) is 27.2. The van der Waals surface area contributed by atoms with Crippen LogP contribution in [0.2, 0.25) is 0 Å². The minimum Gasteiger partial charge on any atom is -0.460 e. The van der Waals surface area contributed by atoms with Crippen LogP contribution < -0.4 is 16.0 Å². The van der Waals surface area contributed by atoms with Crippen LogP contribution in [-0.4, -0.2) is 70.8 Å². The molecular weight excluding hydrogens is 490 g/mol. The predicted octanol–water partition coefficient (Wildman–Crippen LogP) is 2.20. The van der Waals surface area contributed by atoms with Gasteiger partial charge in [-0.3, -0.25) is 14.4 Å². The van der Waals surface area contributed by atoms with Gasteiger partial charge in [0.25, 0.3) is 0 Å². The van der Waals surface area contributed by atoms with Crippen molar-refractivity contribution in [2.45, 2.75) is 130 Å². The lowest BCUT2D eigenvalue weighted by Gasteiger charge is -2.31. The van der Waals surface area contributed by atoms with Gasteiger partial charge >= 0.3 is 5.97 Å². The van der Waals surface area contributed by atoms with Crippen LogP contribution in [-0.2, 0) is 23.9 Å². The van der Waals surface area contributed by atoms with Gasteiger partial charge in [0, 0.05) is 0 Å². The number of amides is 3. The van der Waals surface area contributed by atoms with Gasteiger partial charge in [-0.1, -0.05) is 86.0 Å². The molecule has 0 radical (unpaired) electrons. The fourth-order valence-corrected chi connectivity index (χ4v) is 4.75. The van der Waals surface area contributed by atoms with E-state index in [0.717, 1.165) is 25.7 Å². The lowest BCUT2D eigenvalue weighted by molar-refractivity contribution is -0.162. The third-order valence-electron chi connectivity index (χ3n) is 7.33. The van der Waals surface area contributed by atoms with Crippen LogP contribution in [0.4, 0.5) is 0 Å². The molecule has 1 aliphatic heterocycles. The Morgan fingerprint density at radius 1 is 0.789 bits per heavy atom. The van der Waals surface area contributed by atoms with Crippen molar-refractivity contribution in [1.29, 1.82) is 0 Å². The lowest BCUT2D eigenvalue weighted by Crippen LogP contribution is -2.60. The van der Waals surface area contributed by atoms with E-state index in [4.69, 9.17) is 4.74 Å². The fraction of sp³-hybridized carbons (Fsp3) is 0.857. The highest BCUT2D eigenvalue weighted by atomic mass is 16.5. The SMILES string of the molecule is CCCCCCCCCC[C@H](C)[C@@H]1OC(=O)[C@H](CO)NC(=O)[C@H]([C@H](C)O)NC(=O)[C@@H](C(C)C)NC(=O)[C@@H]1C. The first kappa shape index (κ1) is 33.8. The molecule has 1 heterocycles. The molecule has 0 unspecified atom stereocenters. The van der Waals surface area contributed by atoms with Crippen molar-refractivity contribution in [1.82, 2.24) is 16.0 Å². The van der Waals surface area contributed by atoms with E-state index in [1.165, 1.54) is 39.0 Å². The van der Waals surface area contributed by atoms with Gasteiger partial charge in [-0.2, -0.15) is 0 Å². The highest BCUT2D eigenvalue weighted by Crippen LogP contribution is 2.24. The molecule has 0 bridgehead atoms. The summed E-state index contributed by atoms with van der Waals surface area (Å²) in [4.78, 5) is 52.1. The number of ether oxygens (including phenoxy) is 1. The van der Waals surface area contributed by atoms with Gasteiger partial charge in [0.2, 0.25) is 17.7 Å². The number of hydrogen-bond donors (Lipinski definition) is 5. The molecule has 3 amide bonds. The van der Waals surface area contributed by atoms with Crippen molar-refractivity contribution in [2.75, 3.05) is 6.61 Å². The Morgan fingerprint density at radius 2 is 1.32 bits per heavy atom. The summed E-state index contributed by atoms with van der Waals surface area (Å²) >= 11 is 0. The van der Waals surface area contributed by atoms with Crippen LogP contribution in [0.5, 0.6) is 0 Å². The molecule has 1 aliphatic rings. The monoisotopic (exact) mass is 541 g/mol. The summed E-state index contributed by atoms with van der Waals surface area (Å²) in [6.45, 7) is 9.87.